The predicted molar refractivity (Wildman–Crippen MR) is 55.6 cm³/mol. The van der Waals surface area contributed by atoms with E-state index in [2.05, 4.69) is 28.9 Å². The van der Waals surface area contributed by atoms with E-state index in [1.54, 1.807) is 0 Å². The molecule has 0 aliphatic carbocycles. The van der Waals surface area contributed by atoms with Crippen molar-refractivity contribution in [1.82, 2.24) is 0 Å². The van der Waals surface area contributed by atoms with E-state index < -0.39 is 44.1 Å². The monoisotopic (exact) mass is 231 g/mol. The molecule has 0 aromatic rings. The minimum Gasteiger partial charge on any atom is -0.622 e. The maximum absolute atomic E-state index is 5.69. The van der Waals surface area contributed by atoms with E-state index in [1.165, 1.54) is 0 Å². The SMILES string of the molecule is [CH3][Al][O][Al]([CH3])[O][Al]([CH3])[O][Al]([CH3])[CH3]. The fourth-order valence-electron chi connectivity index (χ4n) is 0.909. The van der Waals surface area contributed by atoms with Crippen molar-refractivity contribution in [2.24, 2.45) is 0 Å². The Morgan fingerprint density at radius 3 is 1.92 bits per heavy atom. The second-order valence-electron chi connectivity index (χ2n) is 2.83. The number of rotatable bonds is 6. The molecule has 12 heavy (non-hydrogen) atoms. The molecule has 7 heteroatoms. The van der Waals surface area contributed by atoms with Crippen molar-refractivity contribution < 1.29 is 8.52 Å². The van der Waals surface area contributed by atoms with Crippen molar-refractivity contribution in [2.75, 3.05) is 0 Å². The standard InChI is InChI=1S/5CH3.4Al.3O/h5*1H3;;;;;;;. The molecular weight excluding hydrogens is 216 g/mol. The van der Waals surface area contributed by atoms with Crippen molar-refractivity contribution in [1.29, 1.82) is 0 Å². The highest BCUT2D eigenvalue weighted by Gasteiger charge is 2.26. The Hall–Kier alpha value is 2.01. The smallest absolute Gasteiger partial charge is 0.610 e. The van der Waals surface area contributed by atoms with Crippen LogP contribution in [0.25, 0.3) is 0 Å². The summed E-state index contributed by atoms with van der Waals surface area (Å²) < 4.78 is 16.8. The quantitative estimate of drug-likeness (QED) is 0.642. The molecule has 0 aliphatic rings. The van der Waals surface area contributed by atoms with Gasteiger partial charge in [0.05, 0.1) is 0 Å². The van der Waals surface area contributed by atoms with E-state index >= 15 is 0 Å². The van der Waals surface area contributed by atoms with Gasteiger partial charge in [-0.3, -0.25) is 0 Å². The lowest BCUT2D eigenvalue weighted by atomic mass is 11.9. The molecule has 0 unspecified atom stereocenters. The van der Waals surface area contributed by atoms with Crippen molar-refractivity contribution in [2.45, 2.75) is 28.9 Å². The van der Waals surface area contributed by atoms with Crippen LogP contribution in [0.15, 0.2) is 0 Å². The first-order chi connectivity index (χ1) is 5.56. The van der Waals surface area contributed by atoms with Gasteiger partial charge in [0.2, 0.25) is 0 Å². The van der Waals surface area contributed by atoms with Crippen molar-refractivity contribution >= 4 is 59.7 Å². The summed E-state index contributed by atoms with van der Waals surface area (Å²) in [7, 11) is 0. The molecule has 65 valence electrons. The number of hydrogen-bond acceptors (Lipinski definition) is 3. The van der Waals surface area contributed by atoms with Gasteiger partial charge in [0, 0.05) is 0 Å². The summed E-state index contributed by atoms with van der Waals surface area (Å²) >= 11 is -3.43. The zero-order chi connectivity index (χ0) is 9.56. The summed E-state index contributed by atoms with van der Waals surface area (Å²) in [6.07, 6.45) is 0. The van der Waals surface area contributed by atoms with Crippen LogP contribution >= 0.6 is 0 Å². The highest BCUT2D eigenvalue weighted by molar-refractivity contribution is 6.66. The topological polar surface area (TPSA) is 27.7 Å². The molecule has 0 saturated heterocycles. The average Bonchev–Trinajstić information content (AvgIpc) is 1.84. The minimum absolute atomic E-state index is 0.130. The fourth-order valence-corrected chi connectivity index (χ4v) is 9.34. The third-order valence-corrected chi connectivity index (χ3v) is 10.6. The third-order valence-electron chi connectivity index (χ3n) is 1.17. The molecule has 0 amide bonds. The lowest BCUT2D eigenvalue weighted by Gasteiger charge is -2.16. The van der Waals surface area contributed by atoms with Crippen LogP contribution in [-0.4, -0.2) is 59.7 Å². The van der Waals surface area contributed by atoms with Crippen molar-refractivity contribution in [3.63, 3.8) is 0 Å². The van der Waals surface area contributed by atoms with Crippen LogP contribution in [0.4, 0.5) is 0 Å². The highest BCUT2D eigenvalue weighted by Crippen LogP contribution is 1.96. The Balaban J connectivity index is 3.46. The summed E-state index contributed by atoms with van der Waals surface area (Å²) in [4.78, 5) is 0. The Labute approximate surface area is 96.3 Å². The van der Waals surface area contributed by atoms with Crippen LogP contribution in [0.3, 0.4) is 0 Å². The van der Waals surface area contributed by atoms with Gasteiger partial charge in [0.25, 0.3) is 0 Å². The first kappa shape index (κ1) is 14.0. The van der Waals surface area contributed by atoms with Crippen LogP contribution in [0.1, 0.15) is 0 Å². The first-order valence-electron chi connectivity index (χ1n) is 4.30. The molecule has 0 atom stereocenters. The minimum atomic E-state index is -1.34. The first-order valence-corrected chi connectivity index (χ1v) is 12.9. The molecule has 0 aromatic heterocycles. The maximum atomic E-state index is 5.69. The van der Waals surface area contributed by atoms with Gasteiger partial charge < -0.3 is 8.52 Å². The molecule has 0 aromatic carbocycles. The number of hydrogen-bond donors (Lipinski definition) is 0. The Kier molecular flexibility index (Phi) is 9.72. The molecular formula is C5H15Al4O3. The summed E-state index contributed by atoms with van der Waals surface area (Å²) in [5.74, 6) is 10.6. The zero-order valence-corrected chi connectivity index (χ0v) is 13.2. The summed E-state index contributed by atoms with van der Waals surface area (Å²) in [5.41, 5.74) is 0. The summed E-state index contributed by atoms with van der Waals surface area (Å²) in [5, 5.41) is 0. The lowest BCUT2D eigenvalue weighted by molar-refractivity contribution is 0.390. The Bertz CT molecular complexity index is 113. The highest BCUT2D eigenvalue weighted by atomic mass is 27.4. The molecule has 0 saturated carbocycles. The normalized spacial score (nSPS) is 9.42. The van der Waals surface area contributed by atoms with Crippen molar-refractivity contribution in [3.8, 4) is 0 Å². The second-order valence-corrected chi connectivity index (χ2v) is 10.9. The molecule has 1 radical (unpaired) electrons. The largest absolute Gasteiger partial charge is 0.622 e. The Morgan fingerprint density at radius 1 is 0.917 bits per heavy atom. The van der Waals surface area contributed by atoms with Gasteiger partial charge in [0.15, 0.2) is 0 Å². The van der Waals surface area contributed by atoms with E-state index in [1.807, 2.05) is 0 Å². The summed E-state index contributed by atoms with van der Waals surface area (Å²) in [6, 6.07) is 0. The molecule has 0 spiro atoms. The summed E-state index contributed by atoms with van der Waals surface area (Å²) in [6.45, 7) is 0. The van der Waals surface area contributed by atoms with Crippen LogP contribution < -0.4 is 0 Å². The van der Waals surface area contributed by atoms with Gasteiger partial charge in [-0.05, 0) is 0 Å². The molecule has 0 heterocycles. The zero-order valence-electron chi connectivity index (χ0n) is 8.53. The van der Waals surface area contributed by atoms with Crippen molar-refractivity contribution in [3.05, 3.63) is 0 Å². The fraction of sp³-hybridized carbons (Fsp3) is 1.00. The molecule has 0 aliphatic heterocycles. The van der Waals surface area contributed by atoms with Crippen LogP contribution in [0, 0.1) is 0 Å². The molecule has 3 nitrogen and oxygen atoms in total. The van der Waals surface area contributed by atoms with Gasteiger partial charge in [0.1, 0.15) is 0 Å². The van der Waals surface area contributed by atoms with Crippen LogP contribution in [-0.2, 0) is 8.52 Å². The van der Waals surface area contributed by atoms with Gasteiger partial charge in [-0.2, -0.15) is 0 Å². The van der Waals surface area contributed by atoms with Crippen LogP contribution in [0.5, 0.6) is 0 Å². The van der Waals surface area contributed by atoms with E-state index in [0.717, 1.165) is 0 Å². The Morgan fingerprint density at radius 2 is 1.50 bits per heavy atom. The van der Waals surface area contributed by atoms with E-state index in [-0.39, 0.29) is 15.6 Å². The lowest BCUT2D eigenvalue weighted by Crippen LogP contribution is -2.33. The van der Waals surface area contributed by atoms with Crippen LogP contribution in [0.2, 0.25) is 28.9 Å². The van der Waals surface area contributed by atoms with Gasteiger partial charge in [-0.25, -0.2) is 0 Å². The maximum Gasteiger partial charge on any atom is 0.610 e. The van der Waals surface area contributed by atoms with Gasteiger partial charge in [-0.15, -0.1) is 0 Å². The van der Waals surface area contributed by atoms with E-state index in [9.17, 15) is 0 Å². The third kappa shape index (κ3) is 8.60. The van der Waals surface area contributed by atoms with E-state index in [4.69, 9.17) is 8.52 Å². The van der Waals surface area contributed by atoms with Gasteiger partial charge >= 0.3 is 59.7 Å². The van der Waals surface area contributed by atoms with E-state index in [0.29, 0.717) is 0 Å². The molecule has 0 bridgehead atoms. The van der Waals surface area contributed by atoms with Gasteiger partial charge in [-0.1, -0.05) is 28.9 Å². The molecule has 0 fully saturated rings. The molecule has 0 rings (SSSR count). The molecule has 0 N–H and O–H groups in total. The second kappa shape index (κ2) is 8.33. The average molecular weight is 231 g/mol. The predicted octanol–water partition coefficient (Wildman–Crippen LogP) is 1.19.